The minimum Gasteiger partial charge on any atom is -0.492 e. The lowest BCUT2D eigenvalue weighted by molar-refractivity contribution is -0.122. The fraction of sp³-hybridized carbons (Fsp3) is 0.300. The molecule has 3 nitrogen and oxygen atoms in total. The minimum absolute atomic E-state index is 0.196. The molecular formula is C10H11ClO3. The number of carbonyl (C=O) groups is 1. The summed E-state index contributed by atoms with van der Waals surface area (Å²) in [6, 6.07) is 7.04. The van der Waals surface area contributed by atoms with Crippen molar-refractivity contribution in [3.05, 3.63) is 29.3 Å². The molecule has 0 saturated carbocycles. The van der Waals surface area contributed by atoms with Crippen molar-refractivity contribution in [2.75, 3.05) is 13.2 Å². The summed E-state index contributed by atoms with van der Waals surface area (Å²) in [5.74, 6) is 0.317. The molecule has 0 aliphatic rings. The molecule has 0 heterocycles. The Morgan fingerprint density at radius 3 is 2.79 bits per heavy atom. The number of hydrogen-bond acceptors (Lipinski definition) is 3. The Kier molecular flexibility index (Phi) is 4.43. The van der Waals surface area contributed by atoms with Gasteiger partial charge in [-0.1, -0.05) is 23.7 Å². The Bertz CT molecular complexity index is 312. The van der Waals surface area contributed by atoms with E-state index in [2.05, 4.69) is 0 Å². The van der Waals surface area contributed by atoms with Gasteiger partial charge < -0.3 is 9.84 Å². The van der Waals surface area contributed by atoms with Gasteiger partial charge in [0, 0.05) is 6.42 Å². The second-order valence-corrected chi connectivity index (χ2v) is 3.13. The molecule has 0 aliphatic carbocycles. The minimum atomic E-state index is -0.439. The third kappa shape index (κ3) is 3.36. The molecule has 0 radical (unpaired) electrons. The summed E-state index contributed by atoms with van der Waals surface area (Å²) in [5.41, 5.74) is 0. The fourth-order valence-electron chi connectivity index (χ4n) is 0.916. The van der Waals surface area contributed by atoms with Gasteiger partial charge in [-0.25, -0.2) is 0 Å². The first kappa shape index (κ1) is 11.0. The van der Waals surface area contributed by atoms with Crippen LogP contribution in [0.1, 0.15) is 6.42 Å². The lowest BCUT2D eigenvalue weighted by Crippen LogP contribution is -2.09. The van der Waals surface area contributed by atoms with Crippen molar-refractivity contribution < 1.29 is 14.6 Å². The maximum atomic E-state index is 10.7. The highest BCUT2D eigenvalue weighted by Gasteiger charge is 2.02. The van der Waals surface area contributed by atoms with E-state index in [1.165, 1.54) is 0 Å². The van der Waals surface area contributed by atoms with Gasteiger partial charge in [-0.15, -0.1) is 0 Å². The lowest BCUT2D eigenvalue weighted by atomic mass is 10.3. The standard InChI is InChI=1S/C10H11ClO3/c11-9-3-1-2-4-10(9)14-6-5-8(13)7-12/h1-4,12H,5-7H2. The number of para-hydroxylation sites is 1. The number of hydrogen-bond donors (Lipinski definition) is 1. The second kappa shape index (κ2) is 5.62. The monoisotopic (exact) mass is 214 g/mol. The molecule has 0 saturated heterocycles. The zero-order valence-electron chi connectivity index (χ0n) is 7.57. The summed E-state index contributed by atoms with van der Waals surface area (Å²) in [5, 5.41) is 8.97. The van der Waals surface area contributed by atoms with Crippen molar-refractivity contribution in [3.8, 4) is 5.75 Å². The Morgan fingerprint density at radius 2 is 2.14 bits per heavy atom. The van der Waals surface area contributed by atoms with Gasteiger partial charge in [-0.3, -0.25) is 4.79 Å². The van der Waals surface area contributed by atoms with Crippen LogP contribution in [0, 0.1) is 0 Å². The van der Waals surface area contributed by atoms with Crippen molar-refractivity contribution in [3.63, 3.8) is 0 Å². The zero-order valence-corrected chi connectivity index (χ0v) is 8.33. The van der Waals surface area contributed by atoms with E-state index in [-0.39, 0.29) is 18.8 Å². The summed E-state index contributed by atoms with van der Waals surface area (Å²) >= 11 is 5.81. The molecule has 0 aromatic heterocycles. The topological polar surface area (TPSA) is 46.5 Å². The predicted octanol–water partition coefficient (Wildman–Crippen LogP) is 1.67. The molecule has 0 bridgehead atoms. The maximum absolute atomic E-state index is 10.7. The molecule has 0 aliphatic heterocycles. The number of halogens is 1. The van der Waals surface area contributed by atoms with Gasteiger partial charge in [-0.2, -0.15) is 0 Å². The van der Waals surface area contributed by atoms with Gasteiger partial charge >= 0.3 is 0 Å². The van der Waals surface area contributed by atoms with Gasteiger partial charge in [0.05, 0.1) is 11.6 Å². The summed E-state index contributed by atoms with van der Waals surface area (Å²) < 4.78 is 5.25. The van der Waals surface area contributed by atoms with Gasteiger partial charge in [0.25, 0.3) is 0 Å². The molecule has 1 aromatic carbocycles. The van der Waals surface area contributed by atoms with Crippen LogP contribution in [0.25, 0.3) is 0 Å². The van der Waals surface area contributed by atoms with Gasteiger partial charge in [0.2, 0.25) is 0 Å². The quantitative estimate of drug-likeness (QED) is 0.811. The second-order valence-electron chi connectivity index (χ2n) is 2.73. The van der Waals surface area contributed by atoms with E-state index in [0.717, 1.165) is 0 Å². The molecule has 0 unspecified atom stereocenters. The normalized spacial score (nSPS) is 9.86. The SMILES string of the molecule is O=C(CO)CCOc1ccccc1Cl. The Balaban J connectivity index is 2.39. The number of ketones is 1. The number of rotatable bonds is 5. The first-order valence-corrected chi connectivity index (χ1v) is 4.61. The van der Waals surface area contributed by atoms with Gasteiger partial charge in [-0.05, 0) is 12.1 Å². The van der Waals surface area contributed by atoms with Crippen molar-refractivity contribution in [1.82, 2.24) is 0 Å². The number of aliphatic hydroxyl groups is 1. The molecular weight excluding hydrogens is 204 g/mol. The number of ether oxygens (including phenoxy) is 1. The van der Waals surface area contributed by atoms with Crippen LogP contribution >= 0.6 is 11.6 Å². The van der Waals surface area contributed by atoms with E-state index in [9.17, 15) is 4.79 Å². The molecule has 4 heteroatoms. The first-order chi connectivity index (χ1) is 6.74. The fourth-order valence-corrected chi connectivity index (χ4v) is 1.11. The number of aliphatic hydroxyl groups excluding tert-OH is 1. The molecule has 1 N–H and O–H groups in total. The van der Waals surface area contributed by atoms with Crippen molar-refractivity contribution in [1.29, 1.82) is 0 Å². The average Bonchev–Trinajstić information content (AvgIpc) is 2.20. The van der Waals surface area contributed by atoms with Crippen LogP contribution in [0.5, 0.6) is 5.75 Å². The largest absolute Gasteiger partial charge is 0.492 e. The number of carbonyl (C=O) groups excluding carboxylic acids is 1. The number of benzene rings is 1. The van der Waals surface area contributed by atoms with Crippen LogP contribution < -0.4 is 4.74 Å². The molecule has 0 amide bonds. The van der Waals surface area contributed by atoms with Crippen molar-refractivity contribution in [2.24, 2.45) is 0 Å². The highest BCUT2D eigenvalue weighted by Crippen LogP contribution is 2.22. The molecule has 0 atom stereocenters. The third-order valence-electron chi connectivity index (χ3n) is 1.65. The summed E-state index contributed by atoms with van der Waals surface area (Å²) in [4.78, 5) is 10.7. The highest BCUT2D eigenvalue weighted by atomic mass is 35.5. The van der Waals surface area contributed by atoms with E-state index >= 15 is 0 Å². The Hall–Kier alpha value is -1.06. The Morgan fingerprint density at radius 1 is 1.43 bits per heavy atom. The van der Waals surface area contributed by atoms with E-state index in [0.29, 0.717) is 10.8 Å². The molecule has 76 valence electrons. The molecule has 0 spiro atoms. The molecule has 1 rings (SSSR count). The average molecular weight is 215 g/mol. The van der Waals surface area contributed by atoms with E-state index in [4.69, 9.17) is 21.4 Å². The smallest absolute Gasteiger partial charge is 0.161 e. The summed E-state index contributed by atoms with van der Waals surface area (Å²) in [6.45, 7) is -0.199. The van der Waals surface area contributed by atoms with E-state index < -0.39 is 6.61 Å². The zero-order chi connectivity index (χ0) is 10.4. The molecule has 14 heavy (non-hydrogen) atoms. The van der Waals surface area contributed by atoms with Crippen LogP contribution in [0.3, 0.4) is 0 Å². The third-order valence-corrected chi connectivity index (χ3v) is 1.96. The van der Waals surface area contributed by atoms with Crippen molar-refractivity contribution >= 4 is 17.4 Å². The summed E-state index contributed by atoms with van der Waals surface area (Å²) in [6.07, 6.45) is 0.196. The van der Waals surface area contributed by atoms with E-state index in [1.54, 1.807) is 24.3 Å². The van der Waals surface area contributed by atoms with Crippen LogP contribution in [0.15, 0.2) is 24.3 Å². The first-order valence-electron chi connectivity index (χ1n) is 4.24. The van der Waals surface area contributed by atoms with Crippen LogP contribution in [-0.4, -0.2) is 24.1 Å². The van der Waals surface area contributed by atoms with Crippen LogP contribution in [-0.2, 0) is 4.79 Å². The van der Waals surface area contributed by atoms with Crippen LogP contribution in [0.2, 0.25) is 5.02 Å². The summed E-state index contributed by atoms with van der Waals surface area (Å²) in [7, 11) is 0. The van der Waals surface area contributed by atoms with Gasteiger partial charge in [0.15, 0.2) is 5.78 Å². The van der Waals surface area contributed by atoms with Gasteiger partial charge in [0.1, 0.15) is 12.4 Å². The molecule has 1 aromatic rings. The van der Waals surface area contributed by atoms with Crippen LogP contribution in [0.4, 0.5) is 0 Å². The molecule has 0 fully saturated rings. The lowest BCUT2D eigenvalue weighted by Gasteiger charge is -2.06. The highest BCUT2D eigenvalue weighted by molar-refractivity contribution is 6.32. The van der Waals surface area contributed by atoms with Crippen molar-refractivity contribution in [2.45, 2.75) is 6.42 Å². The predicted molar refractivity (Wildman–Crippen MR) is 53.7 cm³/mol. The maximum Gasteiger partial charge on any atom is 0.161 e. The van der Waals surface area contributed by atoms with E-state index in [1.807, 2.05) is 0 Å². The Labute approximate surface area is 87.3 Å². The number of Topliss-reactive ketones (excluding diaryl/α,β-unsaturated/α-hetero) is 1.